The molecule has 0 spiro atoms. The van der Waals surface area contributed by atoms with E-state index in [-0.39, 0.29) is 16.2 Å². The lowest BCUT2D eigenvalue weighted by atomic mass is 10.2. The first-order chi connectivity index (χ1) is 9.83. The third-order valence-corrected chi connectivity index (χ3v) is 6.43. The van der Waals surface area contributed by atoms with Crippen molar-refractivity contribution in [1.29, 1.82) is 0 Å². The molecule has 0 amide bonds. The van der Waals surface area contributed by atoms with Crippen molar-refractivity contribution < 1.29 is 18.3 Å². The van der Waals surface area contributed by atoms with E-state index >= 15 is 0 Å². The zero-order valence-corrected chi connectivity index (χ0v) is 14.3. The Morgan fingerprint density at radius 3 is 2.71 bits per heavy atom. The summed E-state index contributed by atoms with van der Waals surface area (Å²) in [6, 6.07) is 3.94. The average Bonchev–Trinajstić information content (AvgIpc) is 2.85. The van der Waals surface area contributed by atoms with Gasteiger partial charge < -0.3 is 5.11 Å². The van der Waals surface area contributed by atoms with E-state index in [0.29, 0.717) is 10.2 Å². The molecule has 1 aromatic heterocycles. The van der Waals surface area contributed by atoms with E-state index in [1.54, 1.807) is 5.38 Å². The molecule has 2 aromatic rings. The quantitative estimate of drug-likeness (QED) is 0.848. The maximum absolute atomic E-state index is 12.4. The fourth-order valence-electron chi connectivity index (χ4n) is 1.72. The second kappa shape index (κ2) is 6.25. The van der Waals surface area contributed by atoms with Gasteiger partial charge >= 0.3 is 5.97 Å². The molecule has 0 saturated carbocycles. The number of halogens is 1. The molecule has 0 unspecified atom stereocenters. The van der Waals surface area contributed by atoms with Gasteiger partial charge in [-0.3, -0.25) is 0 Å². The Bertz CT molecular complexity index is 783. The highest BCUT2D eigenvalue weighted by atomic mass is 79.9. The van der Waals surface area contributed by atoms with E-state index in [4.69, 9.17) is 5.11 Å². The molecule has 0 radical (unpaired) electrons. The Morgan fingerprint density at radius 2 is 2.14 bits per heavy atom. The first-order valence-corrected chi connectivity index (χ1v) is 9.35. The molecule has 0 aliphatic rings. The van der Waals surface area contributed by atoms with E-state index in [0.717, 1.165) is 17.5 Å². The number of hydrogen-bond acceptors (Lipinski definition) is 5. The Kier molecular flexibility index (Phi) is 4.80. The van der Waals surface area contributed by atoms with Gasteiger partial charge in [0.15, 0.2) is 9.84 Å². The summed E-state index contributed by atoms with van der Waals surface area (Å²) >= 11 is 4.57. The van der Waals surface area contributed by atoms with Crippen molar-refractivity contribution in [3.05, 3.63) is 44.3 Å². The lowest BCUT2D eigenvalue weighted by Gasteiger charge is -2.06. The maximum Gasteiger partial charge on any atom is 0.335 e. The Hall–Kier alpha value is -1.25. The minimum atomic E-state index is -3.66. The van der Waals surface area contributed by atoms with Gasteiger partial charge in [0, 0.05) is 9.85 Å². The molecule has 0 aliphatic carbocycles. The molecule has 0 bridgehead atoms. The first-order valence-electron chi connectivity index (χ1n) is 6.02. The molecule has 5 nitrogen and oxygen atoms in total. The number of thiazole rings is 1. The normalized spacial score (nSPS) is 11.5. The second-order valence-corrected chi connectivity index (χ2v) is 8.05. The molecule has 0 saturated heterocycles. The fraction of sp³-hybridized carbons (Fsp3) is 0.231. The number of carboxylic acid groups (broad SMARTS) is 1. The van der Waals surface area contributed by atoms with E-state index < -0.39 is 15.8 Å². The van der Waals surface area contributed by atoms with Crippen LogP contribution in [0.15, 0.2) is 32.9 Å². The van der Waals surface area contributed by atoms with Crippen LogP contribution in [0.1, 0.15) is 28.0 Å². The maximum atomic E-state index is 12.4. The van der Waals surface area contributed by atoms with Crippen molar-refractivity contribution >= 4 is 43.1 Å². The van der Waals surface area contributed by atoms with Crippen LogP contribution in [0.4, 0.5) is 0 Å². The number of hydrogen-bond donors (Lipinski definition) is 1. The molecular formula is C13H12BrNO4S2. The molecule has 1 aromatic carbocycles. The summed E-state index contributed by atoms with van der Waals surface area (Å²) in [4.78, 5) is 15.2. The molecule has 21 heavy (non-hydrogen) atoms. The largest absolute Gasteiger partial charge is 0.478 e. The number of nitrogens with zero attached hydrogens (tertiary/aromatic N) is 1. The van der Waals surface area contributed by atoms with Crippen LogP contribution < -0.4 is 0 Å². The number of benzene rings is 1. The van der Waals surface area contributed by atoms with Crippen molar-refractivity contribution in [2.75, 3.05) is 0 Å². The number of sulfone groups is 1. The van der Waals surface area contributed by atoms with Gasteiger partial charge in [-0.2, -0.15) is 0 Å². The Morgan fingerprint density at radius 1 is 1.43 bits per heavy atom. The lowest BCUT2D eigenvalue weighted by molar-refractivity contribution is 0.0696. The predicted octanol–water partition coefficient (Wildman–Crippen LogP) is 3.14. The van der Waals surface area contributed by atoms with Gasteiger partial charge in [-0.05, 0) is 40.5 Å². The fourth-order valence-corrected chi connectivity index (χ4v) is 4.93. The number of aryl methyl sites for hydroxylation is 1. The van der Waals surface area contributed by atoms with Crippen molar-refractivity contribution in [2.24, 2.45) is 0 Å². The van der Waals surface area contributed by atoms with Crippen LogP contribution in [0.3, 0.4) is 0 Å². The highest BCUT2D eigenvalue weighted by Crippen LogP contribution is 2.27. The summed E-state index contributed by atoms with van der Waals surface area (Å²) in [5.41, 5.74) is 0.411. The van der Waals surface area contributed by atoms with Crippen molar-refractivity contribution in [1.82, 2.24) is 4.98 Å². The molecule has 0 aliphatic heterocycles. The van der Waals surface area contributed by atoms with Gasteiger partial charge in [0.25, 0.3) is 0 Å². The molecule has 0 fully saturated rings. The van der Waals surface area contributed by atoms with Crippen LogP contribution in [0.2, 0.25) is 0 Å². The first kappa shape index (κ1) is 16.1. The van der Waals surface area contributed by atoms with Crippen LogP contribution in [0.25, 0.3) is 0 Å². The second-order valence-electron chi connectivity index (χ2n) is 4.30. The summed E-state index contributed by atoms with van der Waals surface area (Å²) in [6.07, 6.45) is 0.753. The van der Waals surface area contributed by atoms with Crippen molar-refractivity contribution in [3.8, 4) is 0 Å². The van der Waals surface area contributed by atoms with E-state index in [1.807, 2.05) is 6.92 Å². The Labute approximate surface area is 134 Å². The molecule has 0 atom stereocenters. The summed E-state index contributed by atoms with van der Waals surface area (Å²) in [5, 5.41) is 11.6. The molecule has 8 heteroatoms. The van der Waals surface area contributed by atoms with Crippen molar-refractivity contribution in [2.45, 2.75) is 24.0 Å². The van der Waals surface area contributed by atoms with E-state index in [1.165, 1.54) is 23.5 Å². The van der Waals surface area contributed by atoms with Crippen LogP contribution in [-0.4, -0.2) is 24.5 Å². The molecule has 1 heterocycles. The number of rotatable bonds is 5. The van der Waals surface area contributed by atoms with Gasteiger partial charge in [-0.1, -0.05) is 6.92 Å². The lowest BCUT2D eigenvalue weighted by Crippen LogP contribution is -2.08. The number of carboxylic acids is 1. The predicted molar refractivity (Wildman–Crippen MR) is 83.5 cm³/mol. The molecule has 1 N–H and O–H groups in total. The zero-order chi connectivity index (χ0) is 15.6. The number of aromatic carboxylic acids is 1. The average molecular weight is 390 g/mol. The van der Waals surface area contributed by atoms with Gasteiger partial charge in [-0.25, -0.2) is 18.2 Å². The minimum absolute atomic E-state index is 0.0338. The minimum Gasteiger partial charge on any atom is -0.478 e. The Balaban J connectivity index is 2.39. The summed E-state index contributed by atoms with van der Waals surface area (Å²) in [5.74, 6) is -1.41. The van der Waals surface area contributed by atoms with Gasteiger partial charge in [-0.15, -0.1) is 11.3 Å². The van der Waals surface area contributed by atoms with Gasteiger partial charge in [0.2, 0.25) is 0 Å². The smallest absolute Gasteiger partial charge is 0.335 e. The van der Waals surface area contributed by atoms with E-state index in [9.17, 15) is 13.2 Å². The van der Waals surface area contributed by atoms with Crippen LogP contribution in [0, 0.1) is 0 Å². The molecule has 2 rings (SSSR count). The SMILES string of the molecule is CCc1nc(CS(=O)(=O)c2cc(C(=O)O)ccc2Br)cs1. The topological polar surface area (TPSA) is 84.3 Å². The van der Waals surface area contributed by atoms with Gasteiger partial charge in [0.05, 0.1) is 26.9 Å². The highest BCUT2D eigenvalue weighted by molar-refractivity contribution is 9.10. The standard InChI is InChI=1S/C13H12BrNO4S2/c1-2-12-15-9(6-20-12)7-21(18,19)11-5-8(13(16)17)3-4-10(11)14/h3-6H,2,7H2,1H3,(H,16,17). The third kappa shape index (κ3) is 3.69. The molecule has 112 valence electrons. The van der Waals surface area contributed by atoms with Crippen LogP contribution in [0.5, 0.6) is 0 Å². The van der Waals surface area contributed by atoms with Gasteiger partial charge in [0.1, 0.15) is 0 Å². The van der Waals surface area contributed by atoms with Crippen molar-refractivity contribution in [3.63, 3.8) is 0 Å². The highest BCUT2D eigenvalue weighted by Gasteiger charge is 2.21. The zero-order valence-electron chi connectivity index (χ0n) is 11.0. The van der Waals surface area contributed by atoms with E-state index in [2.05, 4.69) is 20.9 Å². The summed E-state index contributed by atoms with van der Waals surface area (Å²) < 4.78 is 25.2. The van der Waals surface area contributed by atoms with Crippen LogP contribution >= 0.6 is 27.3 Å². The summed E-state index contributed by atoms with van der Waals surface area (Å²) in [7, 11) is -3.66. The molecular weight excluding hydrogens is 378 g/mol. The third-order valence-electron chi connectivity index (χ3n) is 2.75. The van der Waals surface area contributed by atoms with Crippen LogP contribution in [-0.2, 0) is 22.0 Å². The number of aromatic nitrogens is 1. The number of carbonyl (C=O) groups is 1. The monoisotopic (exact) mass is 389 g/mol. The summed E-state index contributed by atoms with van der Waals surface area (Å²) in [6.45, 7) is 1.95.